The van der Waals surface area contributed by atoms with Crippen LogP contribution in [0.2, 0.25) is 36.3 Å². The number of hydrogen-bond acceptors (Lipinski definition) is 6. The van der Waals surface area contributed by atoms with E-state index in [1.807, 2.05) is 30.3 Å². The first kappa shape index (κ1) is 40.0. The topological polar surface area (TPSA) is 77.4 Å². The largest absolute Gasteiger partial charge is 0.497 e. The van der Waals surface area contributed by atoms with E-state index in [4.69, 9.17) is 18.3 Å². The van der Waals surface area contributed by atoms with Crippen LogP contribution in [0.25, 0.3) is 0 Å². The van der Waals surface area contributed by atoms with Crippen molar-refractivity contribution in [1.82, 2.24) is 0 Å². The molecule has 1 aromatic rings. The van der Waals surface area contributed by atoms with Gasteiger partial charge in [-0.25, -0.2) is 0 Å². The van der Waals surface area contributed by atoms with Crippen LogP contribution >= 0.6 is 0 Å². The molecule has 0 spiro atoms. The molecule has 0 radical (unpaired) electrons. The molecule has 2 N–H and O–H groups in total. The van der Waals surface area contributed by atoms with Gasteiger partial charge in [-0.15, -0.1) is 0 Å². The molecule has 0 unspecified atom stereocenters. The van der Waals surface area contributed by atoms with Crippen molar-refractivity contribution in [2.75, 3.05) is 13.7 Å². The quantitative estimate of drug-likeness (QED) is 0.124. The molecule has 0 saturated carbocycles. The number of aliphatic hydroxyl groups excluding tert-OH is 2. The molecular weight excluding hydrogens is 573 g/mol. The fourth-order valence-corrected chi connectivity index (χ4v) is 6.99. The summed E-state index contributed by atoms with van der Waals surface area (Å²) in [7, 11) is -2.16. The Hall–Kier alpha value is -1.01. The Balaban J connectivity index is 2.85. The lowest BCUT2D eigenvalue weighted by Crippen LogP contribution is -2.46. The van der Waals surface area contributed by atoms with Gasteiger partial charge in [-0.2, -0.15) is 0 Å². The molecule has 250 valence electrons. The zero-order chi connectivity index (χ0) is 33.2. The Bertz CT molecular complexity index is 947. The minimum Gasteiger partial charge on any atom is -0.497 e. The Kier molecular flexibility index (Phi) is 15.9. The zero-order valence-corrected chi connectivity index (χ0v) is 32.0. The molecule has 0 heterocycles. The molecule has 6 nitrogen and oxygen atoms in total. The predicted octanol–water partition coefficient (Wildman–Crippen LogP) is 8.73. The summed E-state index contributed by atoms with van der Waals surface area (Å²) in [4.78, 5) is 0. The maximum Gasteiger partial charge on any atom is 0.192 e. The van der Waals surface area contributed by atoms with Crippen LogP contribution in [0.4, 0.5) is 0 Å². The Morgan fingerprint density at radius 2 is 1.37 bits per heavy atom. The Morgan fingerprint density at radius 3 is 1.86 bits per heavy atom. The molecule has 1 rings (SSSR count). The lowest BCUT2D eigenvalue weighted by atomic mass is 9.93. The molecule has 0 saturated heterocycles. The number of methoxy groups -OCH3 is 1. The van der Waals surface area contributed by atoms with Crippen molar-refractivity contribution in [2.24, 2.45) is 11.8 Å². The van der Waals surface area contributed by atoms with Gasteiger partial charge in [0.15, 0.2) is 16.6 Å². The van der Waals surface area contributed by atoms with E-state index in [0.29, 0.717) is 32.0 Å². The van der Waals surface area contributed by atoms with Crippen molar-refractivity contribution >= 4 is 16.6 Å². The van der Waals surface area contributed by atoms with Crippen molar-refractivity contribution < 1.29 is 28.5 Å². The summed E-state index contributed by atoms with van der Waals surface area (Å²) in [5, 5.41) is 22.1. The van der Waals surface area contributed by atoms with Gasteiger partial charge < -0.3 is 28.5 Å². The molecule has 43 heavy (non-hydrogen) atoms. The number of rotatable bonds is 18. The minimum absolute atomic E-state index is 0.0749. The third-order valence-corrected chi connectivity index (χ3v) is 18.5. The molecule has 0 amide bonds. The highest BCUT2D eigenvalue weighted by Crippen LogP contribution is 2.39. The SMILES string of the molecule is COc1ccc(CO[C@@H](CCO[Si](C)(C)C(C)(C)C)C[C@@H](O)C[C@@H](O)/C=C/[C@H](C)[C@@H](O[Si](C)(C)C(C)(C)C)C(C)C)cc1. The fourth-order valence-electron chi connectivity index (χ4n) is 4.40. The lowest BCUT2D eigenvalue weighted by molar-refractivity contribution is -0.0153. The normalized spacial score (nSPS) is 17.2. The summed E-state index contributed by atoms with van der Waals surface area (Å²) < 4.78 is 24.8. The van der Waals surface area contributed by atoms with Crippen molar-refractivity contribution in [3.63, 3.8) is 0 Å². The number of aliphatic hydroxyl groups is 2. The first-order valence-electron chi connectivity index (χ1n) is 16.2. The van der Waals surface area contributed by atoms with E-state index in [9.17, 15) is 10.2 Å². The van der Waals surface area contributed by atoms with Crippen LogP contribution in [-0.4, -0.2) is 65.0 Å². The maximum absolute atomic E-state index is 11.0. The van der Waals surface area contributed by atoms with Gasteiger partial charge in [0, 0.05) is 13.0 Å². The fraction of sp³-hybridized carbons (Fsp3) is 0.771. The summed E-state index contributed by atoms with van der Waals surface area (Å²) >= 11 is 0. The Labute approximate surface area is 266 Å². The van der Waals surface area contributed by atoms with E-state index in [1.165, 1.54) is 0 Å². The molecule has 8 heteroatoms. The predicted molar refractivity (Wildman–Crippen MR) is 186 cm³/mol. The van der Waals surface area contributed by atoms with Gasteiger partial charge in [-0.3, -0.25) is 0 Å². The van der Waals surface area contributed by atoms with Crippen molar-refractivity contribution in [2.45, 2.75) is 149 Å². The second-order valence-corrected chi connectivity index (χ2v) is 25.3. The van der Waals surface area contributed by atoms with Crippen LogP contribution in [0.3, 0.4) is 0 Å². The highest BCUT2D eigenvalue weighted by Gasteiger charge is 2.40. The van der Waals surface area contributed by atoms with Crippen LogP contribution in [0.15, 0.2) is 36.4 Å². The van der Waals surface area contributed by atoms with Gasteiger partial charge >= 0.3 is 0 Å². The summed E-state index contributed by atoms with van der Waals surface area (Å²) in [6, 6.07) is 7.84. The van der Waals surface area contributed by atoms with Gasteiger partial charge in [-0.05, 0) is 78.6 Å². The third kappa shape index (κ3) is 13.9. The number of benzene rings is 1. The molecule has 1 aromatic carbocycles. The average molecular weight is 639 g/mol. The van der Waals surface area contributed by atoms with Crippen LogP contribution in [0, 0.1) is 11.8 Å². The second-order valence-electron chi connectivity index (χ2n) is 15.7. The summed E-state index contributed by atoms with van der Waals surface area (Å²) in [5.41, 5.74) is 1.04. The summed E-state index contributed by atoms with van der Waals surface area (Å²) in [6.07, 6.45) is 3.68. The van der Waals surface area contributed by atoms with E-state index in [1.54, 1.807) is 7.11 Å². The molecule has 0 aromatic heterocycles. The van der Waals surface area contributed by atoms with Crippen LogP contribution in [0.1, 0.15) is 87.1 Å². The van der Waals surface area contributed by atoms with Gasteiger partial charge in [0.05, 0.1) is 38.1 Å². The first-order valence-corrected chi connectivity index (χ1v) is 22.0. The van der Waals surface area contributed by atoms with E-state index in [0.717, 1.165) is 11.3 Å². The molecular formula is C35H66O6Si2. The van der Waals surface area contributed by atoms with Gasteiger partial charge in [-0.1, -0.05) is 86.6 Å². The first-order chi connectivity index (χ1) is 19.6. The molecule has 0 fully saturated rings. The number of ether oxygens (including phenoxy) is 2. The van der Waals surface area contributed by atoms with Gasteiger partial charge in [0.25, 0.3) is 0 Å². The van der Waals surface area contributed by atoms with E-state index in [2.05, 4.69) is 94.6 Å². The summed E-state index contributed by atoms with van der Waals surface area (Å²) in [6.45, 7) is 30.1. The average Bonchev–Trinajstić information content (AvgIpc) is 2.87. The highest BCUT2D eigenvalue weighted by molar-refractivity contribution is 6.74. The monoisotopic (exact) mass is 638 g/mol. The Morgan fingerprint density at radius 1 is 0.814 bits per heavy atom. The molecule has 0 aliphatic carbocycles. The van der Waals surface area contributed by atoms with Gasteiger partial charge in [0.2, 0.25) is 0 Å². The van der Waals surface area contributed by atoms with Crippen LogP contribution < -0.4 is 4.74 Å². The van der Waals surface area contributed by atoms with Crippen molar-refractivity contribution in [1.29, 1.82) is 0 Å². The molecule has 0 bridgehead atoms. The minimum atomic E-state index is -1.93. The second kappa shape index (κ2) is 17.1. The zero-order valence-electron chi connectivity index (χ0n) is 30.0. The number of hydrogen-bond donors (Lipinski definition) is 2. The summed E-state index contributed by atoms with van der Waals surface area (Å²) in [5.74, 6) is 1.31. The van der Waals surface area contributed by atoms with Crippen molar-refractivity contribution in [3.05, 3.63) is 42.0 Å². The maximum atomic E-state index is 11.0. The smallest absolute Gasteiger partial charge is 0.192 e. The van der Waals surface area contributed by atoms with E-state index >= 15 is 0 Å². The molecule has 0 aliphatic rings. The van der Waals surface area contributed by atoms with Crippen molar-refractivity contribution in [3.8, 4) is 5.75 Å². The molecule has 5 atom stereocenters. The van der Waals surface area contributed by atoms with Crippen LogP contribution in [0.5, 0.6) is 5.75 Å². The standard InChI is InChI=1S/C35H66O6Si2/c1-26(2)33(41-43(13,14)35(7,8)9)27(3)15-18-29(36)23-30(37)24-32(21-22-40-42(11,12)34(4,5)6)39-25-28-16-19-31(38-10)20-17-28/h15-20,26-27,29-30,32-33,36-37H,21-25H2,1-14H3/b18-15+/t27-,29-,30-,32-,33-/m0/s1. The van der Waals surface area contributed by atoms with Crippen LogP contribution in [-0.2, 0) is 20.2 Å². The van der Waals surface area contributed by atoms with E-state index < -0.39 is 28.8 Å². The third-order valence-electron chi connectivity index (χ3n) is 9.45. The lowest BCUT2D eigenvalue weighted by Gasteiger charge is -2.42. The molecule has 0 aliphatic heterocycles. The van der Waals surface area contributed by atoms with Gasteiger partial charge in [0.1, 0.15) is 5.75 Å². The van der Waals surface area contributed by atoms with E-state index in [-0.39, 0.29) is 34.6 Å². The highest BCUT2D eigenvalue weighted by atomic mass is 28.4.